The Bertz CT molecular complexity index is 365. The molecule has 0 bridgehead atoms. The first-order valence-corrected chi connectivity index (χ1v) is 5.78. The summed E-state index contributed by atoms with van der Waals surface area (Å²) in [5.41, 5.74) is 2.42. The Kier molecular flexibility index (Phi) is 3.17. The minimum Gasteiger partial charge on any atom is -0.493 e. The lowest BCUT2D eigenvalue weighted by molar-refractivity contribution is 0.349. The van der Waals surface area contributed by atoms with Gasteiger partial charge in [-0.25, -0.2) is 0 Å². The summed E-state index contributed by atoms with van der Waals surface area (Å²) in [6.45, 7) is 5.96. The zero-order chi connectivity index (χ0) is 10.8. The third kappa shape index (κ3) is 2.11. The van der Waals surface area contributed by atoms with E-state index in [-0.39, 0.29) is 0 Å². The van der Waals surface area contributed by atoms with E-state index in [0.717, 1.165) is 30.3 Å². The first kappa shape index (κ1) is 10.8. The lowest BCUT2D eigenvalue weighted by Crippen LogP contribution is -2.18. The molecule has 1 N–H and O–H groups in total. The molecule has 15 heavy (non-hydrogen) atoms. The number of nitrogens with one attached hydrogen (secondary N) is 1. The van der Waals surface area contributed by atoms with Gasteiger partial charge in [0, 0.05) is 23.0 Å². The lowest BCUT2D eigenvalue weighted by atomic mass is 10.0. The van der Waals surface area contributed by atoms with Gasteiger partial charge in [-0.1, -0.05) is 18.5 Å². The summed E-state index contributed by atoms with van der Waals surface area (Å²) in [5.74, 6) is 1.04. The van der Waals surface area contributed by atoms with Gasteiger partial charge in [-0.2, -0.15) is 0 Å². The third-order valence-electron chi connectivity index (χ3n) is 2.75. The smallest absolute Gasteiger partial charge is 0.127 e. The van der Waals surface area contributed by atoms with Gasteiger partial charge in [-0.15, -0.1) is 0 Å². The van der Waals surface area contributed by atoms with E-state index in [2.05, 4.69) is 19.2 Å². The molecule has 1 aromatic rings. The quantitative estimate of drug-likeness (QED) is 0.854. The number of rotatable bonds is 3. The molecule has 0 saturated heterocycles. The Labute approximate surface area is 95.6 Å². The molecule has 0 saturated carbocycles. The van der Waals surface area contributed by atoms with Crippen molar-refractivity contribution in [1.29, 1.82) is 0 Å². The van der Waals surface area contributed by atoms with Crippen LogP contribution in [0, 0.1) is 0 Å². The van der Waals surface area contributed by atoms with Crippen LogP contribution < -0.4 is 10.1 Å². The summed E-state index contributed by atoms with van der Waals surface area (Å²) in [6, 6.07) is 4.30. The second-order valence-corrected chi connectivity index (χ2v) is 4.30. The summed E-state index contributed by atoms with van der Waals surface area (Å²) < 4.78 is 5.65. The molecule has 0 fully saturated rings. The Morgan fingerprint density at radius 1 is 1.53 bits per heavy atom. The van der Waals surface area contributed by atoms with Gasteiger partial charge in [0.05, 0.1) is 6.61 Å². The second-order valence-electron chi connectivity index (χ2n) is 3.86. The topological polar surface area (TPSA) is 21.3 Å². The van der Waals surface area contributed by atoms with Gasteiger partial charge in [0.15, 0.2) is 0 Å². The van der Waals surface area contributed by atoms with Crippen LogP contribution in [-0.4, -0.2) is 13.2 Å². The molecule has 0 aromatic heterocycles. The van der Waals surface area contributed by atoms with Crippen molar-refractivity contribution in [2.75, 3.05) is 13.2 Å². The standard InChI is InChI=1S/C12H16ClNO/c1-3-14-8(2)11-7-10(13)6-9-4-5-15-12(9)11/h6-8,14H,3-5H2,1-2H3. The van der Waals surface area contributed by atoms with Crippen molar-refractivity contribution in [3.8, 4) is 5.75 Å². The van der Waals surface area contributed by atoms with E-state index < -0.39 is 0 Å². The number of halogens is 1. The van der Waals surface area contributed by atoms with Crippen LogP contribution in [0.3, 0.4) is 0 Å². The Hall–Kier alpha value is -0.730. The maximum atomic E-state index is 6.09. The highest BCUT2D eigenvalue weighted by molar-refractivity contribution is 6.30. The van der Waals surface area contributed by atoms with Crippen molar-refractivity contribution in [3.63, 3.8) is 0 Å². The minimum atomic E-state index is 0.292. The monoisotopic (exact) mass is 225 g/mol. The summed E-state index contributed by atoms with van der Waals surface area (Å²) in [6.07, 6.45) is 0.974. The molecule has 1 aliphatic heterocycles. The Morgan fingerprint density at radius 2 is 2.33 bits per heavy atom. The van der Waals surface area contributed by atoms with E-state index in [4.69, 9.17) is 16.3 Å². The molecule has 1 unspecified atom stereocenters. The fourth-order valence-corrected chi connectivity index (χ4v) is 2.28. The molecule has 0 spiro atoms. The normalized spacial score (nSPS) is 15.9. The molecule has 1 atom stereocenters. The van der Waals surface area contributed by atoms with E-state index in [9.17, 15) is 0 Å². The van der Waals surface area contributed by atoms with Crippen molar-refractivity contribution >= 4 is 11.6 Å². The van der Waals surface area contributed by atoms with Crippen LogP contribution in [0.5, 0.6) is 5.75 Å². The summed E-state index contributed by atoms with van der Waals surface area (Å²) >= 11 is 6.09. The van der Waals surface area contributed by atoms with Crippen molar-refractivity contribution in [3.05, 3.63) is 28.3 Å². The zero-order valence-corrected chi connectivity index (χ0v) is 9.90. The highest BCUT2D eigenvalue weighted by atomic mass is 35.5. The number of benzene rings is 1. The van der Waals surface area contributed by atoms with Gasteiger partial charge in [-0.3, -0.25) is 0 Å². The summed E-state index contributed by atoms with van der Waals surface area (Å²) in [5, 5.41) is 4.18. The highest BCUT2D eigenvalue weighted by Gasteiger charge is 2.20. The minimum absolute atomic E-state index is 0.292. The summed E-state index contributed by atoms with van der Waals surface area (Å²) in [7, 11) is 0. The predicted molar refractivity (Wildman–Crippen MR) is 62.7 cm³/mol. The molecular weight excluding hydrogens is 210 g/mol. The Balaban J connectivity index is 2.37. The van der Waals surface area contributed by atoms with Gasteiger partial charge in [0.2, 0.25) is 0 Å². The van der Waals surface area contributed by atoms with Gasteiger partial charge in [0.1, 0.15) is 5.75 Å². The van der Waals surface area contributed by atoms with Crippen LogP contribution in [0.1, 0.15) is 31.0 Å². The molecule has 3 heteroatoms. The van der Waals surface area contributed by atoms with E-state index in [1.54, 1.807) is 0 Å². The van der Waals surface area contributed by atoms with Crippen LogP contribution in [-0.2, 0) is 6.42 Å². The molecule has 1 aliphatic rings. The number of hydrogen-bond acceptors (Lipinski definition) is 2. The van der Waals surface area contributed by atoms with Crippen LogP contribution in [0.4, 0.5) is 0 Å². The van der Waals surface area contributed by atoms with E-state index >= 15 is 0 Å². The van der Waals surface area contributed by atoms with Gasteiger partial charge in [0.25, 0.3) is 0 Å². The Morgan fingerprint density at radius 3 is 3.07 bits per heavy atom. The average Bonchev–Trinajstić information content (AvgIpc) is 2.64. The van der Waals surface area contributed by atoms with Gasteiger partial charge in [-0.05, 0) is 31.2 Å². The first-order valence-electron chi connectivity index (χ1n) is 5.41. The molecule has 1 aromatic carbocycles. The lowest BCUT2D eigenvalue weighted by Gasteiger charge is -2.16. The molecule has 1 heterocycles. The second kappa shape index (κ2) is 4.42. The van der Waals surface area contributed by atoms with E-state index in [1.165, 1.54) is 11.1 Å². The highest BCUT2D eigenvalue weighted by Crippen LogP contribution is 2.36. The number of ether oxygens (including phenoxy) is 1. The maximum absolute atomic E-state index is 6.09. The number of fused-ring (bicyclic) bond motifs is 1. The zero-order valence-electron chi connectivity index (χ0n) is 9.14. The molecule has 0 aliphatic carbocycles. The van der Waals surface area contributed by atoms with Crippen molar-refractivity contribution in [2.24, 2.45) is 0 Å². The van der Waals surface area contributed by atoms with Crippen molar-refractivity contribution in [2.45, 2.75) is 26.3 Å². The molecule has 0 amide bonds. The third-order valence-corrected chi connectivity index (χ3v) is 2.97. The molecule has 2 nitrogen and oxygen atoms in total. The molecule has 82 valence electrons. The van der Waals surface area contributed by atoms with Crippen LogP contribution in [0.2, 0.25) is 5.02 Å². The fourth-order valence-electron chi connectivity index (χ4n) is 2.04. The molecule has 0 radical (unpaired) electrons. The molecular formula is C12H16ClNO. The van der Waals surface area contributed by atoms with E-state index in [1.807, 2.05) is 12.1 Å². The van der Waals surface area contributed by atoms with Crippen molar-refractivity contribution in [1.82, 2.24) is 5.32 Å². The van der Waals surface area contributed by atoms with Gasteiger partial charge < -0.3 is 10.1 Å². The first-order chi connectivity index (χ1) is 7.22. The largest absolute Gasteiger partial charge is 0.493 e. The van der Waals surface area contributed by atoms with Crippen molar-refractivity contribution < 1.29 is 4.74 Å². The van der Waals surface area contributed by atoms with Crippen LogP contribution in [0.25, 0.3) is 0 Å². The number of hydrogen-bond donors (Lipinski definition) is 1. The molecule has 2 rings (SSSR count). The fraction of sp³-hybridized carbons (Fsp3) is 0.500. The van der Waals surface area contributed by atoms with Crippen LogP contribution in [0.15, 0.2) is 12.1 Å². The maximum Gasteiger partial charge on any atom is 0.127 e. The van der Waals surface area contributed by atoms with E-state index in [0.29, 0.717) is 6.04 Å². The summed E-state index contributed by atoms with van der Waals surface area (Å²) in [4.78, 5) is 0. The van der Waals surface area contributed by atoms with Gasteiger partial charge >= 0.3 is 0 Å². The SMILES string of the molecule is CCNC(C)c1cc(Cl)cc2c1OCC2. The predicted octanol–water partition coefficient (Wildman–Crippen LogP) is 2.95. The van der Waals surface area contributed by atoms with Crippen LogP contribution >= 0.6 is 11.6 Å². The average molecular weight is 226 g/mol.